The van der Waals surface area contributed by atoms with Gasteiger partial charge in [-0.1, -0.05) is 223 Å². The van der Waals surface area contributed by atoms with Crippen LogP contribution in [0.2, 0.25) is 0 Å². The van der Waals surface area contributed by atoms with Gasteiger partial charge in [-0.2, -0.15) is 0 Å². The Kier molecular flexibility index (Phi) is 18.3. The third-order valence-corrected chi connectivity index (χ3v) is 20.0. The monoisotopic (exact) mass is 1380 g/mol. The van der Waals surface area contributed by atoms with Crippen molar-refractivity contribution in [1.29, 1.82) is 0 Å². The Morgan fingerprint density at radius 3 is 1.52 bits per heavy atom. The average molecular weight is 1390 g/mol. The minimum atomic E-state index is -0.248. The summed E-state index contributed by atoms with van der Waals surface area (Å²) in [7, 11) is 0. The summed E-state index contributed by atoms with van der Waals surface area (Å²) in [5.74, 6) is 0.366. The van der Waals surface area contributed by atoms with E-state index in [2.05, 4.69) is 193 Å². The van der Waals surface area contributed by atoms with E-state index < -0.39 is 0 Å². The van der Waals surface area contributed by atoms with Crippen molar-refractivity contribution < 1.29 is 34.1 Å². The summed E-state index contributed by atoms with van der Waals surface area (Å²) in [5.41, 5.74) is 10.6. The zero-order chi connectivity index (χ0) is 65.3. The van der Waals surface area contributed by atoms with E-state index in [1.807, 2.05) is 52.4 Å². The van der Waals surface area contributed by atoms with Gasteiger partial charge in [0.1, 0.15) is 5.76 Å². The molecule has 7 heteroatoms. The van der Waals surface area contributed by atoms with E-state index in [1.54, 1.807) is 11.8 Å². The SMILES string of the molecule is CCC(CC)C(=O)/C=C(\O)C(C)(CC)CC.[2H]c1cc2c3c(cc4c(CC(C)(C)C)cccc42)Sc2c([c-]c4ccccc4c2CC(C)(C)C)-c3n1.[2H]c1nc2c3c(cc4c(CC(C)(C)C)cccc4c3c1[2H])Sc1c-2[c-]c2cc(C)ccc2c1CC(C)(C)C.[Ir]. The molecular weight excluding hydrogens is 1290 g/mol. The van der Waals surface area contributed by atoms with Crippen LogP contribution in [-0.2, 0) is 50.6 Å². The van der Waals surface area contributed by atoms with Gasteiger partial charge < -0.3 is 5.11 Å². The summed E-state index contributed by atoms with van der Waals surface area (Å²) in [6, 6.07) is 42.6. The van der Waals surface area contributed by atoms with E-state index in [0.717, 1.165) is 116 Å². The van der Waals surface area contributed by atoms with Crippen LogP contribution in [0.25, 0.3) is 87.1 Å². The van der Waals surface area contributed by atoms with Crippen molar-refractivity contribution in [2.75, 3.05) is 0 Å². The Hall–Kier alpha value is -5.82. The molecule has 0 amide bonds. The average Bonchev–Trinajstić information content (AvgIpc) is 0.719. The molecule has 0 atom stereocenters. The normalized spacial score (nSPS) is 13.8. The van der Waals surface area contributed by atoms with Gasteiger partial charge >= 0.3 is 0 Å². The van der Waals surface area contributed by atoms with Crippen LogP contribution < -0.4 is 0 Å². The summed E-state index contributed by atoms with van der Waals surface area (Å²) in [4.78, 5) is 26.3. The van der Waals surface area contributed by atoms with Crippen LogP contribution in [0.3, 0.4) is 0 Å². The van der Waals surface area contributed by atoms with Crippen LogP contribution in [0, 0.1) is 52.0 Å². The zero-order valence-electron chi connectivity index (χ0n) is 58.4. The van der Waals surface area contributed by atoms with Gasteiger partial charge in [0, 0.05) is 71.0 Å². The summed E-state index contributed by atoms with van der Waals surface area (Å²) in [6.07, 6.45) is 9.03. The van der Waals surface area contributed by atoms with Crippen molar-refractivity contribution in [2.45, 2.75) is 196 Å². The second kappa shape index (κ2) is 25.8. The number of nitrogens with zero attached hydrogens (tertiary/aromatic N) is 2. The molecule has 8 aromatic carbocycles. The van der Waals surface area contributed by atoms with Crippen molar-refractivity contribution in [3.05, 3.63) is 167 Å². The van der Waals surface area contributed by atoms with Crippen LogP contribution in [0.5, 0.6) is 0 Å². The maximum absolute atomic E-state index is 11.9. The van der Waals surface area contributed by atoms with Crippen molar-refractivity contribution in [3.63, 3.8) is 0 Å². The number of fused-ring (bicyclic) bond motifs is 10. The molecule has 12 rings (SSSR count). The van der Waals surface area contributed by atoms with E-state index in [1.165, 1.54) is 75.5 Å². The van der Waals surface area contributed by atoms with Crippen LogP contribution in [0.4, 0.5) is 0 Å². The van der Waals surface area contributed by atoms with Gasteiger partial charge in [0.15, 0.2) is 5.78 Å². The first-order valence-corrected chi connectivity index (χ1v) is 33.4. The van der Waals surface area contributed by atoms with Crippen molar-refractivity contribution in [2.24, 2.45) is 33.0 Å². The number of aryl methyl sites for hydroxylation is 1. The molecule has 2 aliphatic rings. The molecule has 0 bridgehead atoms. The summed E-state index contributed by atoms with van der Waals surface area (Å²) < 4.78 is 26.3. The molecule has 0 spiro atoms. The number of hydrogen-bond donors (Lipinski definition) is 1. The van der Waals surface area contributed by atoms with Gasteiger partial charge in [-0.15, -0.1) is 58.6 Å². The van der Waals surface area contributed by atoms with Gasteiger partial charge in [0.05, 0.1) is 4.11 Å². The van der Waals surface area contributed by atoms with Gasteiger partial charge in [-0.25, -0.2) is 0 Å². The minimum absolute atomic E-state index is 0. The fourth-order valence-corrected chi connectivity index (χ4v) is 15.3. The minimum Gasteiger partial charge on any atom is -0.512 e. The summed E-state index contributed by atoms with van der Waals surface area (Å²) in [5, 5.41) is 23.6. The smallest absolute Gasteiger partial charge is 0.162 e. The molecule has 461 valence electrons. The first-order valence-electron chi connectivity index (χ1n) is 33.2. The number of rotatable bonds is 11. The fourth-order valence-electron chi connectivity index (χ4n) is 12.8. The number of carbonyl (C=O) groups is 1. The third-order valence-electron chi connectivity index (χ3n) is 17.6. The molecule has 0 saturated carbocycles. The topological polar surface area (TPSA) is 63.1 Å². The number of ketones is 1. The molecule has 88 heavy (non-hydrogen) atoms. The number of aromatic nitrogens is 2. The maximum Gasteiger partial charge on any atom is 0.162 e. The molecule has 1 N–H and O–H groups in total. The molecule has 1 radical (unpaired) electrons. The molecule has 4 heterocycles. The van der Waals surface area contributed by atoms with Gasteiger partial charge in [-0.3, -0.25) is 14.8 Å². The second-order valence-electron chi connectivity index (χ2n) is 29.8. The van der Waals surface area contributed by atoms with Crippen molar-refractivity contribution in [3.8, 4) is 22.5 Å². The number of hydrogen-bond acceptors (Lipinski definition) is 6. The number of benzene rings is 8. The van der Waals surface area contributed by atoms with E-state index in [0.29, 0.717) is 6.17 Å². The molecule has 0 fully saturated rings. The molecule has 2 aliphatic heterocycles. The van der Waals surface area contributed by atoms with Crippen molar-refractivity contribution >= 4 is 93.9 Å². The van der Waals surface area contributed by atoms with Gasteiger partial charge in [-0.05, 0) is 168 Å². The standard InChI is InChI=1S/C34H34NS.C33H32NS.C14H26O2.Ir/c1-20-11-12-23-22(15-20)16-27-31-30-25(13-14-35-31)24-10-8-9-21(18-33(2,3)4)26(24)17-29(30)36-32(27)28(23)19-34(5,6)7;1-32(2,3)18-21-11-9-13-23-24-14-15-34-30-26-16-20-10-7-8-12-22(20)27(19-33(4,5)6)31(26)35-28(29(24)30)17-25(21)23;1-6-11(7-2)12(15)10-13(16)14(5,8-3)9-4;/h8-15,17H,18-19H2,1-7H3;7-15,17H,18-19H2,1-6H3;10-11,16H,6-9H2,1-5H3;/q2*-1;;/b;;13-10-;/i13D,14D;15D;;. The molecular formula is C81H92IrN2O2S2-2. The predicted molar refractivity (Wildman–Crippen MR) is 376 cm³/mol. The number of aliphatic hydroxyl groups is 1. The van der Waals surface area contributed by atoms with E-state index >= 15 is 0 Å². The van der Waals surface area contributed by atoms with Crippen LogP contribution in [-0.4, -0.2) is 20.9 Å². The molecule has 0 saturated heterocycles. The maximum atomic E-state index is 11.9. The van der Waals surface area contributed by atoms with Gasteiger partial charge in [0.2, 0.25) is 0 Å². The number of carbonyl (C=O) groups excluding carboxylic acids is 1. The summed E-state index contributed by atoms with van der Waals surface area (Å²) >= 11 is 3.67. The largest absolute Gasteiger partial charge is 0.512 e. The Labute approximate surface area is 552 Å². The predicted octanol–water partition coefficient (Wildman–Crippen LogP) is 23.9. The Bertz CT molecular complexity index is 4510. The molecule has 0 unspecified atom stereocenters. The van der Waals surface area contributed by atoms with E-state index in [9.17, 15) is 9.90 Å². The molecule has 4 nitrogen and oxygen atoms in total. The van der Waals surface area contributed by atoms with E-state index in [-0.39, 0.29) is 76.9 Å². The Morgan fingerprint density at radius 1 is 0.545 bits per heavy atom. The van der Waals surface area contributed by atoms with Crippen molar-refractivity contribution in [1.82, 2.24) is 9.97 Å². The molecule has 2 aromatic heterocycles. The third kappa shape index (κ3) is 13.9. The first-order chi connectivity index (χ1) is 42.2. The first kappa shape index (κ1) is 62.4. The number of pyridine rings is 2. The van der Waals surface area contributed by atoms with Gasteiger partial charge in [0.25, 0.3) is 0 Å². The Balaban J connectivity index is 0.000000174. The van der Waals surface area contributed by atoms with Crippen LogP contribution in [0.15, 0.2) is 147 Å². The quantitative estimate of drug-likeness (QED) is 0.0603. The number of allylic oxidation sites excluding steroid dienone is 2. The Morgan fingerprint density at radius 2 is 1.01 bits per heavy atom. The van der Waals surface area contributed by atoms with E-state index in [4.69, 9.17) is 14.1 Å². The molecule has 0 aliphatic carbocycles. The fraction of sp³-hybridized carbons (Fsp3) is 0.395. The second-order valence-corrected chi connectivity index (χ2v) is 31.9. The number of aliphatic hydroxyl groups excluding tert-OH is 1. The molecule has 10 aromatic rings. The zero-order valence-corrected chi connectivity index (χ0v) is 59.5. The van der Waals surface area contributed by atoms with Crippen LogP contribution in [0.1, 0.15) is 175 Å². The van der Waals surface area contributed by atoms with Crippen LogP contribution >= 0.6 is 23.5 Å². The summed E-state index contributed by atoms with van der Waals surface area (Å²) in [6.45, 7) is 39.7.